The number of fused-ring (bicyclic) bond motifs is 2. The van der Waals surface area contributed by atoms with Crippen LogP contribution in [0.5, 0.6) is 0 Å². The lowest BCUT2D eigenvalue weighted by Gasteiger charge is -2.29. The van der Waals surface area contributed by atoms with E-state index in [9.17, 15) is 14.4 Å². The lowest BCUT2D eigenvalue weighted by molar-refractivity contribution is -0.120. The number of aromatic nitrogens is 2. The minimum atomic E-state index is -0.379. The van der Waals surface area contributed by atoms with Gasteiger partial charge in [-0.25, -0.2) is 4.99 Å². The van der Waals surface area contributed by atoms with E-state index in [1.165, 1.54) is 17.5 Å². The second-order valence-electron chi connectivity index (χ2n) is 11.7. The molecule has 2 aromatic carbocycles. The van der Waals surface area contributed by atoms with E-state index in [1.54, 1.807) is 12.1 Å². The first-order chi connectivity index (χ1) is 18.7. The van der Waals surface area contributed by atoms with Crippen molar-refractivity contribution < 1.29 is 14.4 Å². The lowest BCUT2D eigenvalue weighted by atomic mass is 9.76. The van der Waals surface area contributed by atoms with Gasteiger partial charge in [-0.05, 0) is 73.4 Å². The summed E-state index contributed by atoms with van der Waals surface area (Å²) >= 11 is 0. The van der Waals surface area contributed by atoms with Gasteiger partial charge in [0.05, 0.1) is 17.7 Å². The van der Waals surface area contributed by atoms with Crippen LogP contribution in [0.2, 0.25) is 0 Å². The Morgan fingerprint density at radius 1 is 1.18 bits per heavy atom. The number of aliphatic imine (C=N–C) groups is 1. The van der Waals surface area contributed by atoms with Crippen LogP contribution in [-0.4, -0.2) is 45.6 Å². The Morgan fingerprint density at radius 2 is 1.97 bits per heavy atom. The normalized spacial score (nSPS) is 20.7. The van der Waals surface area contributed by atoms with Crippen LogP contribution in [0, 0.1) is 11.3 Å². The summed E-state index contributed by atoms with van der Waals surface area (Å²) in [4.78, 5) is 43.4. The predicted molar refractivity (Wildman–Crippen MR) is 148 cm³/mol. The molecule has 0 spiro atoms. The fraction of sp³-hybridized carbons (Fsp3) is 0.387. The van der Waals surface area contributed by atoms with E-state index in [0.29, 0.717) is 25.1 Å². The smallest absolute Gasteiger partial charge is 0.276 e. The molecule has 1 fully saturated rings. The van der Waals surface area contributed by atoms with E-state index in [-0.39, 0.29) is 35.1 Å². The Morgan fingerprint density at radius 3 is 2.72 bits per heavy atom. The molecule has 200 valence electrons. The maximum Gasteiger partial charge on any atom is 0.276 e. The maximum absolute atomic E-state index is 13.3. The third-order valence-corrected chi connectivity index (χ3v) is 8.44. The summed E-state index contributed by atoms with van der Waals surface area (Å²) in [6.07, 6.45) is 5.23. The first-order valence-corrected chi connectivity index (χ1v) is 13.7. The van der Waals surface area contributed by atoms with Gasteiger partial charge in [0.2, 0.25) is 5.91 Å². The average Bonchev–Trinajstić information content (AvgIpc) is 3.62. The maximum atomic E-state index is 13.3. The molecule has 6 rings (SSSR count). The van der Waals surface area contributed by atoms with Gasteiger partial charge in [0.25, 0.3) is 11.8 Å². The van der Waals surface area contributed by atoms with Gasteiger partial charge >= 0.3 is 0 Å². The van der Waals surface area contributed by atoms with Crippen LogP contribution in [-0.2, 0) is 24.2 Å². The number of amides is 3. The third kappa shape index (κ3) is 4.68. The number of rotatable bonds is 5. The van der Waals surface area contributed by atoms with Crippen LogP contribution in [0.25, 0.3) is 11.3 Å². The molecule has 3 aromatic rings. The van der Waals surface area contributed by atoms with Crippen molar-refractivity contribution in [3.8, 4) is 11.3 Å². The van der Waals surface area contributed by atoms with Crippen molar-refractivity contribution in [1.82, 2.24) is 20.4 Å². The van der Waals surface area contributed by atoms with Crippen LogP contribution in [0.4, 0.5) is 0 Å². The number of carbonyl (C=O) groups is 3. The van der Waals surface area contributed by atoms with Crippen LogP contribution in [0.1, 0.15) is 82.8 Å². The third-order valence-electron chi connectivity index (χ3n) is 8.44. The van der Waals surface area contributed by atoms with Gasteiger partial charge < -0.3 is 10.2 Å². The molecule has 2 atom stereocenters. The summed E-state index contributed by atoms with van der Waals surface area (Å²) in [6.45, 7) is 7.73. The zero-order valence-corrected chi connectivity index (χ0v) is 22.6. The van der Waals surface area contributed by atoms with Gasteiger partial charge in [0, 0.05) is 47.3 Å². The zero-order chi connectivity index (χ0) is 27.3. The highest BCUT2D eigenvalue weighted by atomic mass is 16.2. The molecular weight excluding hydrogens is 490 g/mol. The molecule has 0 saturated carbocycles. The molecule has 1 aromatic heterocycles. The van der Waals surface area contributed by atoms with E-state index >= 15 is 0 Å². The molecule has 0 bridgehead atoms. The van der Waals surface area contributed by atoms with Crippen molar-refractivity contribution in [3.63, 3.8) is 0 Å². The molecule has 1 unspecified atom stereocenters. The molecule has 8 heteroatoms. The molecule has 2 N–H and O–H groups in total. The predicted octanol–water partition coefficient (Wildman–Crippen LogP) is 4.66. The van der Waals surface area contributed by atoms with Crippen LogP contribution < -0.4 is 5.32 Å². The molecule has 1 aliphatic carbocycles. The number of H-pyrrole nitrogens is 1. The number of carbonyl (C=O) groups excluding carboxylic acids is 3. The lowest BCUT2D eigenvalue weighted by Crippen LogP contribution is -2.27. The highest BCUT2D eigenvalue weighted by Gasteiger charge is 2.33. The second kappa shape index (κ2) is 9.59. The Kier molecular flexibility index (Phi) is 6.20. The van der Waals surface area contributed by atoms with Gasteiger partial charge in [-0.15, -0.1) is 0 Å². The SMILES string of the molecule is C[C@H](c1ccc(C(=O)N=CC2CCNC2=O)cc1)N1Cc2cc(-c3n[nH]c4c3CCC(C)(C)C4)ccc2C1=O. The Bertz CT molecular complexity index is 1500. The number of benzene rings is 2. The van der Waals surface area contributed by atoms with E-state index < -0.39 is 0 Å². The van der Waals surface area contributed by atoms with Crippen molar-refractivity contribution in [2.75, 3.05) is 6.54 Å². The summed E-state index contributed by atoms with van der Waals surface area (Å²) in [6, 6.07) is 13.1. The largest absolute Gasteiger partial charge is 0.356 e. The van der Waals surface area contributed by atoms with E-state index in [4.69, 9.17) is 0 Å². The van der Waals surface area contributed by atoms with Crippen LogP contribution in [0.15, 0.2) is 47.5 Å². The fourth-order valence-corrected chi connectivity index (χ4v) is 5.96. The summed E-state index contributed by atoms with van der Waals surface area (Å²) in [7, 11) is 0. The Labute approximate surface area is 227 Å². The van der Waals surface area contributed by atoms with Crippen molar-refractivity contribution in [3.05, 3.63) is 76.0 Å². The summed E-state index contributed by atoms with van der Waals surface area (Å²) in [5, 5.41) is 10.7. The highest BCUT2D eigenvalue weighted by Crippen LogP contribution is 2.39. The molecule has 39 heavy (non-hydrogen) atoms. The van der Waals surface area contributed by atoms with E-state index in [2.05, 4.69) is 40.4 Å². The van der Waals surface area contributed by atoms with E-state index in [1.807, 2.05) is 36.1 Å². The van der Waals surface area contributed by atoms with Gasteiger partial charge in [-0.1, -0.05) is 32.0 Å². The minimum Gasteiger partial charge on any atom is -0.356 e. The molecular formula is C31H33N5O3. The Hall–Kier alpha value is -4.07. The van der Waals surface area contributed by atoms with Crippen molar-refractivity contribution in [2.45, 2.75) is 59.0 Å². The van der Waals surface area contributed by atoms with E-state index in [0.717, 1.165) is 47.2 Å². The standard InChI is InChI=1S/C31H33N5O3/c1-18(19-4-6-20(7-5-19)28(37)33-16-22-11-13-32-29(22)38)36-17-23-14-21(8-9-24(23)30(36)39)27-25-10-12-31(2,3)15-26(25)34-35-27/h4-9,14,16,18,22H,10-13,15,17H2,1-3H3,(H,32,38)(H,34,35)/t18-,22?/m1/s1. The molecule has 3 heterocycles. The highest BCUT2D eigenvalue weighted by molar-refractivity contribution is 6.03. The average molecular weight is 524 g/mol. The summed E-state index contributed by atoms with van der Waals surface area (Å²) in [5.41, 5.74) is 7.99. The summed E-state index contributed by atoms with van der Waals surface area (Å²) < 4.78 is 0. The quantitative estimate of drug-likeness (QED) is 0.475. The van der Waals surface area contributed by atoms with Crippen molar-refractivity contribution >= 4 is 23.9 Å². The number of hydrogen-bond acceptors (Lipinski definition) is 4. The summed E-state index contributed by atoms with van der Waals surface area (Å²) in [5.74, 6) is -0.807. The first kappa shape index (κ1) is 25.2. The molecule has 1 saturated heterocycles. The molecule has 3 aliphatic rings. The molecule has 3 amide bonds. The van der Waals surface area contributed by atoms with Crippen molar-refractivity contribution in [1.29, 1.82) is 0 Å². The van der Waals surface area contributed by atoms with Gasteiger partial charge in [0.1, 0.15) is 0 Å². The monoisotopic (exact) mass is 523 g/mol. The first-order valence-electron chi connectivity index (χ1n) is 13.7. The zero-order valence-electron chi connectivity index (χ0n) is 22.6. The molecule has 2 aliphatic heterocycles. The number of nitrogens with zero attached hydrogens (tertiary/aromatic N) is 3. The minimum absolute atomic E-state index is 0.00875. The van der Waals surface area contributed by atoms with Crippen molar-refractivity contribution in [2.24, 2.45) is 16.3 Å². The molecule has 8 nitrogen and oxygen atoms in total. The van der Waals surface area contributed by atoms with Gasteiger partial charge in [-0.3, -0.25) is 19.5 Å². The van der Waals surface area contributed by atoms with Crippen LogP contribution >= 0.6 is 0 Å². The topological polar surface area (TPSA) is 108 Å². The number of aromatic amines is 1. The van der Waals surface area contributed by atoms with Gasteiger partial charge in [0.15, 0.2) is 0 Å². The second-order valence-corrected chi connectivity index (χ2v) is 11.7. The van der Waals surface area contributed by atoms with Gasteiger partial charge in [-0.2, -0.15) is 5.10 Å². The fourth-order valence-electron chi connectivity index (χ4n) is 5.96. The van der Waals surface area contributed by atoms with Crippen LogP contribution in [0.3, 0.4) is 0 Å². The Balaban J connectivity index is 1.16. The molecule has 0 radical (unpaired) electrons. The number of nitrogens with one attached hydrogen (secondary N) is 2. The number of hydrogen-bond donors (Lipinski definition) is 2.